The van der Waals surface area contributed by atoms with E-state index in [1.165, 1.54) is 12.8 Å². The molecule has 0 amide bonds. The quantitative estimate of drug-likeness (QED) is 0.638. The number of alkyl halides is 1. The number of hydrogen-bond acceptors (Lipinski definition) is 3. The summed E-state index contributed by atoms with van der Waals surface area (Å²) in [5.41, 5.74) is 6.33. The molecule has 0 radical (unpaired) electrons. The lowest BCUT2D eigenvalue weighted by Crippen LogP contribution is -2.34. The maximum Gasteiger partial charge on any atom is 0.128 e. The lowest BCUT2D eigenvalue weighted by atomic mass is 10.1. The number of nitrogens with two attached hydrogens (primary N) is 1. The van der Waals surface area contributed by atoms with Crippen LogP contribution < -0.4 is 10.6 Å². The van der Waals surface area contributed by atoms with Crippen LogP contribution in [-0.4, -0.2) is 22.0 Å². The Morgan fingerprint density at radius 2 is 2.07 bits per heavy atom. The number of nitrogen functional groups attached to an aromatic ring is 1. The van der Waals surface area contributed by atoms with E-state index in [2.05, 4.69) is 32.5 Å². The van der Waals surface area contributed by atoms with Gasteiger partial charge in [0, 0.05) is 17.0 Å². The van der Waals surface area contributed by atoms with Gasteiger partial charge in [0.15, 0.2) is 0 Å². The van der Waals surface area contributed by atoms with Crippen molar-refractivity contribution in [2.45, 2.75) is 16.8 Å². The van der Waals surface area contributed by atoms with Crippen LogP contribution in [0.2, 0.25) is 0 Å². The number of pyridine rings is 1. The van der Waals surface area contributed by atoms with Gasteiger partial charge in [0.2, 0.25) is 0 Å². The van der Waals surface area contributed by atoms with Crippen molar-refractivity contribution in [1.29, 1.82) is 0 Å². The average Bonchev–Trinajstić information content (AvgIpc) is 2.21. The molecular formula is C10H14IN3. The van der Waals surface area contributed by atoms with Crippen molar-refractivity contribution in [2.24, 2.45) is 0 Å². The average molecular weight is 303 g/mol. The summed E-state index contributed by atoms with van der Waals surface area (Å²) in [6.07, 6.45) is 4.24. The molecule has 1 aromatic rings. The van der Waals surface area contributed by atoms with Crippen molar-refractivity contribution >= 4 is 34.1 Å². The Morgan fingerprint density at radius 1 is 1.36 bits per heavy atom. The van der Waals surface area contributed by atoms with E-state index >= 15 is 0 Å². The Bertz CT molecular complexity index is 291. The van der Waals surface area contributed by atoms with Crippen molar-refractivity contribution in [3.63, 3.8) is 0 Å². The number of aromatic nitrogens is 1. The van der Waals surface area contributed by atoms with Crippen LogP contribution in [0, 0.1) is 0 Å². The molecule has 1 aliphatic rings. The van der Waals surface area contributed by atoms with E-state index in [1.807, 2.05) is 12.1 Å². The van der Waals surface area contributed by atoms with Crippen LogP contribution in [0.25, 0.3) is 0 Å². The van der Waals surface area contributed by atoms with E-state index in [0.717, 1.165) is 28.5 Å². The van der Waals surface area contributed by atoms with Crippen LogP contribution in [-0.2, 0) is 0 Å². The molecule has 1 saturated heterocycles. The summed E-state index contributed by atoms with van der Waals surface area (Å²) in [4.78, 5) is 6.65. The second-order valence-corrected chi connectivity index (χ2v) is 5.37. The van der Waals surface area contributed by atoms with Crippen LogP contribution in [0.3, 0.4) is 0 Å². The van der Waals surface area contributed by atoms with Gasteiger partial charge in [0.25, 0.3) is 0 Å². The van der Waals surface area contributed by atoms with Crippen molar-refractivity contribution in [3.8, 4) is 0 Å². The predicted molar refractivity (Wildman–Crippen MR) is 67.9 cm³/mol. The van der Waals surface area contributed by atoms with Crippen molar-refractivity contribution in [1.82, 2.24) is 4.98 Å². The maximum absolute atomic E-state index is 5.60. The molecule has 0 unspecified atom stereocenters. The molecule has 0 bridgehead atoms. The third kappa shape index (κ3) is 2.29. The zero-order valence-corrected chi connectivity index (χ0v) is 10.1. The van der Waals surface area contributed by atoms with Crippen LogP contribution >= 0.6 is 22.6 Å². The largest absolute Gasteiger partial charge is 0.397 e. The number of halogens is 1. The van der Waals surface area contributed by atoms with Gasteiger partial charge in [-0.05, 0) is 25.0 Å². The maximum atomic E-state index is 5.60. The van der Waals surface area contributed by atoms with Crippen molar-refractivity contribution in [2.75, 3.05) is 23.7 Å². The molecule has 0 aliphatic carbocycles. The first kappa shape index (κ1) is 10.0. The van der Waals surface area contributed by atoms with E-state index in [1.54, 1.807) is 6.20 Å². The normalized spacial score (nSPS) is 18.5. The van der Waals surface area contributed by atoms with Gasteiger partial charge in [-0.3, -0.25) is 0 Å². The summed E-state index contributed by atoms with van der Waals surface area (Å²) in [6, 6.07) is 3.92. The van der Waals surface area contributed by atoms with Gasteiger partial charge in [0.05, 0.1) is 11.9 Å². The molecule has 2 N–H and O–H groups in total. The van der Waals surface area contributed by atoms with Gasteiger partial charge in [0.1, 0.15) is 5.82 Å². The molecule has 2 heterocycles. The topological polar surface area (TPSA) is 42.1 Å². The third-order valence-corrected chi connectivity index (χ3v) is 3.76. The SMILES string of the molecule is Nc1ccc(N2CCC(I)CC2)nc1. The number of hydrogen-bond donors (Lipinski definition) is 1. The lowest BCUT2D eigenvalue weighted by Gasteiger charge is -2.30. The highest BCUT2D eigenvalue weighted by Crippen LogP contribution is 2.22. The molecule has 0 aromatic carbocycles. The van der Waals surface area contributed by atoms with Gasteiger partial charge >= 0.3 is 0 Å². The monoisotopic (exact) mass is 303 g/mol. The van der Waals surface area contributed by atoms with E-state index in [-0.39, 0.29) is 0 Å². The van der Waals surface area contributed by atoms with Crippen molar-refractivity contribution < 1.29 is 0 Å². The molecule has 0 atom stereocenters. The minimum atomic E-state index is 0.734. The molecule has 76 valence electrons. The van der Waals surface area contributed by atoms with Crippen LogP contribution in [0.1, 0.15) is 12.8 Å². The highest BCUT2D eigenvalue weighted by molar-refractivity contribution is 14.1. The van der Waals surface area contributed by atoms with Gasteiger partial charge in [-0.15, -0.1) is 0 Å². The summed E-state index contributed by atoms with van der Waals surface area (Å²) < 4.78 is 0.831. The Balaban J connectivity index is 2.05. The summed E-state index contributed by atoms with van der Waals surface area (Å²) in [7, 11) is 0. The van der Waals surface area contributed by atoms with E-state index < -0.39 is 0 Å². The standard InChI is InChI=1S/C10H14IN3/c11-8-3-5-14(6-4-8)10-2-1-9(12)7-13-10/h1-2,7-8H,3-6,12H2. The molecule has 2 rings (SSSR count). The molecule has 0 saturated carbocycles. The number of anilines is 2. The molecule has 1 aliphatic heterocycles. The van der Waals surface area contributed by atoms with Crippen LogP contribution in [0.5, 0.6) is 0 Å². The zero-order chi connectivity index (χ0) is 9.97. The molecular weight excluding hydrogens is 289 g/mol. The lowest BCUT2D eigenvalue weighted by molar-refractivity contribution is 0.600. The fourth-order valence-electron chi connectivity index (χ4n) is 1.66. The summed E-state index contributed by atoms with van der Waals surface area (Å²) in [6.45, 7) is 2.23. The second-order valence-electron chi connectivity index (χ2n) is 3.61. The molecule has 3 nitrogen and oxygen atoms in total. The first-order chi connectivity index (χ1) is 6.75. The summed E-state index contributed by atoms with van der Waals surface area (Å²) >= 11 is 2.52. The smallest absolute Gasteiger partial charge is 0.128 e. The molecule has 4 heteroatoms. The first-order valence-corrected chi connectivity index (χ1v) is 6.11. The number of rotatable bonds is 1. The van der Waals surface area contributed by atoms with E-state index in [0.29, 0.717) is 0 Å². The van der Waals surface area contributed by atoms with Gasteiger partial charge in [-0.1, -0.05) is 22.6 Å². The number of piperidine rings is 1. The summed E-state index contributed by atoms with van der Waals surface area (Å²) in [5, 5.41) is 0. The molecule has 14 heavy (non-hydrogen) atoms. The van der Waals surface area contributed by atoms with E-state index in [9.17, 15) is 0 Å². The first-order valence-electron chi connectivity index (χ1n) is 4.86. The van der Waals surface area contributed by atoms with Crippen LogP contribution in [0.15, 0.2) is 18.3 Å². The fourth-order valence-corrected chi connectivity index (χ4v) is 2.22. The minimum Gasteiger partial charge on any atom is -0.397 e. The molecule has 1 fully saturated rings. The molecule has 1 aromatic heterocycles. The Kier molecular flexibility index (Phi) is 3.10. The Hall–Kier alpha value is -0.520. The van der Waals surface area contributed by atoms with Gasteiger partial charge in [-0.2, -0.15) is 0 Å². The Morgan fingerprint density at radius 3 is 2.64 bits per heavy atom. The van der Waals surface area contributed by atoms with Gasteiger partial charge in [-0.25, -0.2) is 4.98 Å². The predicted octanol–water partition coefficient (Wildman–Crippen LogP) is 2.07. The zero-order valence-electron chi connectivity index (χ0n) is 7.99. The fraction of sp³-hybridized carbons (Fsp3) is 0.500. The second kappa shape index (κ2) is 4.33. The minimum absolute atomic E-state index is 0.734. The number of nitrogens with zero attached hydrogens (tertiary/aromatic N) is 2. The Labute approximate surface area is 97.8 Å². The van der Waals surface area contributed by atoms with Crippen LogP contribution in [0.4, 0.5) is 11.5 Å². The third-order valence-electron chi connectivity index (χ3n) is 2.52. The van der Waals surface area contributed by atoms with E-state index in [4.69, 9.17) is 5.73 Å². The molecule has 0 spiro atoms. The van der Waals surface area contributed by atoms with Gasteiger partial charge < -0.3 is 10.6 Å². The highest BCUT2D eigenvalue weighted by atomic mass is 127. The highest BCUT2D eigenvalue weighted by Gasteiger charge is 2.17. The summed E-state index contributed by atoms with van der Waals surface area (Å²) in [5.74, 6) is 1.06. The van der Waals surface area contributed by atoms with Crippen molar-refractivity contribution in [3.05, 3.63) is 18.3 Å².